The molecule has 0 aliphatic heterocycles. The van der Waals surface area contributed by atoms with E-state index >= 15 is 0 Å². The lowest BCUT2D eigenvalue weighted by molar-refractivity contribution is -1.24. The minimum atomic E-state index is -0.753. The van der Waals surface area contributed by atoms with E-state index in [1.165, 1.54) is 180 Å². The van der Waals surface area contributed by atoms with Crippen LogP contribution in [0.5, 0.6) is 0 Å². The number of hydrogen-bond donors (Lipinski definition) is 2. The van der Waals surface area contributed by atoms with Gasteiger partial charge in [0, 0.05) is 12.8 Å². The van der Waals surface area contributed by atoms with Gasteiger partial charge in [0.25, 0.3) is 0 Å². The van der Waals surface area contributed by atoms with Gasteiger partial charge in [0.1, 0.15) is 13.1 Å². The fraction of sp³-hybridized carbons (Fsp3) is 1.00. The quantitative estimate of drug-likeness (QED) is 0.0471. The first-order valence-electron chi connectivity index (χ1n) is 18.4. The van der Waals surface area contributed by atoms with Crippen molar-refractivity contribution in [2.75, 3.05) is 13.1 Å². The first-order chi connectivity index (χ1) is 19.1. The predicted octanol–water partition coefficient (Wildman–Crippen LogP) is 13.1. The summed E-state index contributed by atoms with van der Waals surface area (Å²) in [4.78, 5) is -0.753. The number of hydrogen-bond acceptors (Lipinski definition) is 2. The maximum Gasteiger partial charge on any atom is 0.142 e. The molecule has 3 nitrogen and oxygen atoms in total. The Kier molecular flexibility index (Phi) is 32.3. The summed E-state index contributed by atoms with van der Waals surface area (Å²) < 4.78 is 0. The minimum Gasteiger partial charge on any atom is -0.182 e. The topological polar surface area (TPSA) is 40.5 Å². The largest absolute Gasteiger partial charge is 0.182 e. The molecule has 0 amide bonds. The van der Waals surface area contributed by atoms with Crippen molar-refractivity contribution in [3.63, 3.8) is 0 Å². The highest BCUT2D eigenvalue weighted by Gasteiger charge is 2.21. The molecule has 0 heterocycles. The Morgan fingerprint density at radius 2 is 0.410 bits per heavy atom. The van der Waals surface area contributed by atoms with Crippen molar-refractivity contribution in [1.82, 2.24) is 0 Å². The first-order valence-corrected chi connectivity index (χ1v) is 18.4. The summed E-state index contributed by atoms with van der Waals surface area (Å²) in [5.41, 5.74) is 0. The van der Waals surface area contributed by atoms with Crippen LogP contribution >= 0.6 is 0 Å². The smallest absolute Gasteiger partial charge is 0.142 e. The summed E-state index contributed by atoms with van der Waals surface area (Å²) >= 11 is 0. The molecule has 0 rings (SSSR count). The van der Waals surface area contributed by atoms with E-state index in [1.807, 2.05) is 0 Å². The highest BCUT2D eigenvalue weighted by molar-refractivity contribution is 4.51. The van der Waals surface area contributed by atoms with E-state index in [-0.39, 0.29) is 0 Å². The zero-order valence-corrected chi connectivity index (χ0v) is 27.4. The molecular weight excluding hydrogens is 478 g/mol. The van der Waals surface area contributed by atoms with E-state index in [9.17, 15) is 10.4 Å². The van der Waals surface area contributed by atoms with Crippen LogP contribution < -0.4 is 0 Å². The molecule has 0 bridgehead atoms. The minimum absolute atomic E-state index is 0.497. The molecule has 0 saturated heterocycles. The number of rotatable bonds is 34. The third-order valence-electron chi connectivity index (χ3n) is 8.74. The lowest BCUT2D eigenvalue weighted by atomic mass is 10.0. The second-order valence-corrected chi connectivity index (χ2v) is 12.9. The molecule has 0 radical (unpaired) electrons. The molecule has 0 fully saturated rings. The monoisotopic (exact) mass is 555 g/mol. The molecule has 236 valence electrons. The van der Waals surface area contributed by atoms with Crippen LogP contribution in [0.1, 0.15) is 219 Å². The van der Waals surface area contributed by atoms with E-state index in [2.05, 4.69) is 13.8 Å². The maximum atomic E-state index is 10.2. The summed E-state index contributed by atoms with van der Waals surface area (Å²) in [6.45, 7) is 5.57. The van der Waals surface area contributed by atoms with Gasteiger partial charge in [0.15, 0.2) is 0 Å². The predicted molar refractivity (Wildman–Crippen MR) is 173 cm³/mol. The standard InChI is InChI=1S/C36H76NO2/c1-3-5-7-9-11-13-15-17-19-21-23-25-27-29-31-33-35-37(38,39)36-34-32-30-28-26-24-22-20-18-16-14-12-10-8-6-4-2/h38-39H,3-36H2,1-2H3/q+1. The third kappa shape index (κ3) is 34.0. The summed E-state index contributed by atoms with van der Waals surface area (Å²) in [5, 5.41) is 20.5. The normalized spacial score (nSPS) is 12.0. The van der Waals surface area contributed by atoms with Crippen LogP contribution in [0.3, 0.4) is 0 Å². The average molecular weight is 555 g/mol. The maximum absolute atomic E-state index is 10.2. The number of nitrogens with zero attached hydrogens (tertiary/aromatic N) is 1. The Hall–Kier alpha value is -0.120. The van der Waals surface area contributed by atoms with E-state index in [0.29, 0.717) is 13.1 Å². The second kappa shape index (κ2) is 32.4. The van der Waals surface area contributed by atoms with Crippen molar-refractivity contribution < 1.29 is 15.2 Å². The van der Waals surface area contributed by atoms with Crippen molar-refractivity contribution in [3.8, 4) is 0 Å². The molecule has 2 N–H and O–H groups in total. The van der Waals surface area contributed by atoms with Gasteiger partial charge in [-0.2, -0.15) is 10.4 Å². The Balaban J connectivity index is 3.26. The highest BCUT2D eigenvalue weighted by Crippen LogP contribution is 2.16. The lowest BCUT2D eigenvalue weighted by Gasteiger charge is -2.21. The van der Waals surface area contributed by atoms with Gasteiger partial charge in [0.05, 0.1) is 0 Å². The van der Waals surface area contributed by atoms with E-state index in [0.717, 1.165) is 25.7 Å². The number of quaternary nitrogens is 1. The van der Waals surface area contributed by atoms with Crippen LogP contribution in [0.2, 0.25) is 0 Å². The molecule has 39 heavy (non-hydrogen) atoms. The molecule has 0 saturated carbocycles. The zero-order valence-electron chi connectivity index (χ0n) is 27.4. The Morgan fingerprint density at radius 3 is 0.590 bits per heavy atom. The molecule has 0 aromatic carbocycles. The van der Waals surface area contributed by atoms with Crippen LogP contribution in [0.25, 0.3) is 0 Å². The molecule has 0 aliphatic carbocycles. The van der Waals surface area contributed by atoms with Gasteiger partial charge in [-0.15, -0.1) is 0 Å². The van der Waals surface area contributed by atoms with E-state index in [1.54, 1.807) is 0 Å². The van der Waals surface area contributed by atoms with Crippen molar-refractivity contribution >= 4 is 0 Å². The Morgan fingerprint density at radius 1 is 0.256 bits per heavy atom. The number of hydroxylamine groups is 4. The summed E-state index contributed by atoms with van der Waals surface area (Å²) in [7, 11) is 0. The molecule has 0 unspecified atom stereocenters. The summed E-state index contributed by atoms with van der Waals surface area (Å²) in [5.74, 6) is 0. The van der Waals surface area contributed by atoms with Gasteiger partial charge >= 0.3 is 0 Å². The van der Waals surface area contributed by atoms with Gasteiger partial charge in [-0.1, -0.05) is 194 Å². The van der Waals surface area contributed by atoms with Crippen LogP contribution in [0.15, 0.2) is 0 Å². The van der Waals surface area contributed by atoms with E-state index < -0.39 is 4.81 Å². The highest BCUT2D eigenvalue weighted by atomic mass is 16.8. The Labute approximate surface area is 247 Å². The Bertz CT molecular complexity index is 402. The van der Waals surface area contributed by atoms with Crippen LogP contribution in [-0.2, 0) is 0 Å². The molecule has 3 heteroatoms. The van der Waals surface area contributed by atoms with Crippen LogP contribution in [0.4, 0.5) is 0 Å². The summed E-state index contributed by atoms with van der Waals surface area (Å²) in [6.07, 6.45) is 43.2. The number of unbranched alkanes of at least 4 members (excludes halogenated alkanes) is 30. The molecule has 0 aromatic rings. The van der Waals surface area contributed by atoms with Gasteiger partial charge in [-0.05, 0) is 17.7 Å². The van der Waals surface area contributed by atoms with Crippen LogP contribution in [0, 0.1) is 0 Å². The summed E-state index contributed by atoms with van der Waals surface area (Å²) in [6, 6.07) is 0. The van der Waals surface area contributed by atoms with E-state index in [4.69, 9.17) is 0 Å². The van der Waals surface area contributed by atoms with Crippen molar-refractivity contribution in [2.24, 2.45) is 0 Å². The van der Waals surface area contributed by atoms with Crippen molar-refractivity contribution in [1.29, 1.82) is 0 Å². The second-order valence-electron chi connectivity index (χ2n) is 12.9. The molecule has 0 spiro atoms. The SMILES string of the molecule is CCCCCCCCCCCCCCCCCC[N+](O)(O)CCCCCCCCCCCCCCCCCC. The molecule has 0 atom stereocenters. The fourth-order valence-corrected chi connectivity index (χ4v) is 5.94. The fourth-order valence-electron chi connectivity index (χ4n) is 5.94. The third-order valence-corrected chi connectivity index (χ3v) is 8.74. The van der Waals surface area contributed by atoms with Gasteiger partial charge < -0.3 is 0 Å². The van der Waals surface area contributed by atoms with Crippen molar-refractivity contribution in [3.05, 3.63) is 0 Å². The van der Waals surface area contributed by atoms with Crippen LogP contribution in [-0.4, -0.2) is 28.3 Å². The van der Waals surface area contributed by atoms with Gasteiger partial charge in [-0.25, -0.2) is 0 Å². The van der Waals surface area contributed by atoms with Gasteiger partial charge in [0.2, 0.25) is 0 Å². The average Bonchev–Trinajstić information content (AvgIpc) is 2.92. The molecule has 0 aliphatic rings. The molecular formula is C36H76NO2+. The van der Waals surface area contributed by atoms with Crippen molar-refractivity contribution in [2.45, 2.75) is 219 Å². The zero-order chi connectivity index (χ0) is 28.5. The first kappa shape index (κ1) is 38.9. The molecule has 0 aromatic heterocycles. The lowest BCUT2D eigenvalue weighted by Crippen LogP contribution is -2.42. The van der Waals surface area contributed by atoms with Gasteiger partial charge in [-0.3, -0.25) is 0 Å².